The van der Waals surface area contributed by atoms with Crippen molar-refractivity contribution in [3.63, 3.8) is 0 Å². The summed E-state index contributed by atoms with van der Waals surface area (Å²) in [5.41, 5.74) is 3.06. The van der Waals surface area contributed by atoms with Crippen LogP contribution in [0, 0.1) is 0 Å². The van der Waals surface area contributed by atoms with Crippen LogP contribution in [0.3, 0.4) is 0 Å². The van der Waals surface area contributed by atoms with Crippen molar-refractivity contribution < 1.29 is 14.3 Å². The van der Waals surface area contributed by atoms with Gasteiger partial charge in [0, 0.05) is 24.6 Å². The van der Waals surface area contributed by atoms with Gasteiger partial charge in [0.05, 0.1) is 17.9 Å². The molecule has 3 heterocycles. The second-order valence-corrected chi connectivity index (χ2v) is 11.7. The van der Waals surface area contributed by atoms with Gasteiger partial charge in [-0.2, -0.15) is 0 Å². The Bertz CT molecular complexity index is 1580. The zero-order valence-electron chi connectivity index (χ0n) is 24.6. The van der Waals surface area contributed by atoms with E-state index >= 15 is 0 Å². The second-order valence-electron chi connectivity index (χ2n) is 11.7. The number of carbonyl (C=O) groups excluding carboxylic acids is 2. The Hall–Kier alpha value is -4.58. The summed E-state index contributed by atoms with van der Waals surface area (Å²) in [5, 5.41) is 16.7. The van der Waals surface area contributed by atoms with Crippen LogP contribution in [0.15, 0.2) is 55.0 Å². The number of anilines is 1. The summed E-state index contributed by atoms with van der Waals surface area (Å²) in [7, 11) is 3.86. The fourth-order valence-corrected chi connectivity index (χ4v) is 4.84. The molecule has 12 nitrogen and oxygen atoms in total. The number of benzene rings is 1. The zero-order chi connectivity index (χ0) is 29.9. The van der Waals surface area contributed by atoms with Crippen molar-refractivity contribution >= 4 is 23.4 Å². The summed E-state index contributed by atoms with van der Waals surface area (Å²) in [6.45, 7) is 7.13. The number of nitrogens with one attached hydrogen (secondary N) is 3. The Balaban J connectivity index is 1.29. The van der Waals surface area contributed by atoms with Gasteiger partial charge < -0.3 is 20.3 Å². The molecule has 3 amide bonds. The fraction of sp³-hybridized carbons (Fsp3) is 0.400. The molecular weight excluding hydrogens is 534 g/mol. The Kier molecular flexibility index (Phi) is 8.34. The maximum atomic E-state index is 13.2. The minimum atomic E-state index is -0.412. The molecule has 5 rings (SSSR count). The molecule has 42 heavy (non-hydrogen) atoms. The first kappa shape index (κ1) is 28.9. The smallest absolute Gasteiger partial charge is 0.320 e. The maximum Gasteiger partial charge on any atom is 0.320 e. The number of rotatable bonds is 8. The highest BCUT2D eigenvalue weighted by molar-refractivity contribution is 5.92. The number of aromatic nitrogens is 5. The van der Waals surface area contributed by atoms with Gasteiger partial charge in [0.25, 0.3) is 5.91 Å². The van der Waals surface area contributed by atoms with Crippen LogP contribution in [-0.2, 0) is 5.41 Å². The van der Waals surface area contributed by atoms with Gasteiger partial charge in [-0.3, -0.25) is 14.5 Å². The topological polar surface area (TPSA) is 139 Å². The molecule has 1 aliphatic rings. The van der Waals surface area contributed by atoms with Gasteiger partial charge >= 0.3 is 6.03 Å². The van der Waals surface area contributed by atoms with Crippen molar-refractivity contribution in [3.05, 3.63) is 77.6 Å². The van der Waals surface area contributed by atoms with Gasteiger partial charge in [-0.1, -0.05) is 45.0 Å². The molecule has 0 radical (unpaired) electrons. The van der Waals surface area contributed by atoms with Crippen molar-refractivity contribution in [1.29, 1.82) is 0 Å². The molecule has 12 heteroatoms. The Morgan fingerprint density at radius 2 is 1.86 bits per heavy atom. The van der Waals surface area contributed by atoms with Crippen LogP contribution in [0.1, 0.15) is 73.2 Å². The van der Waals surface area contributed by atoms with Crippen LogP contribution in [0.5, 0.6) is 5.75 Å². The number of hydrogen-bond acceptors (Lipinski definition) is 8. The standard InChI is InChI=1S/C30H37N9O3/c1-30(2,3)24-16-25(35-27(34-24)28(40)31-14-15-38(4)5)36-29(41)33-22-11-12-23(21-9-7-6-8-20(21)22)42-19-10-13-26-37-32-18-39(26)17-19/h6-10,13,16-18,22-23H,11-12,14-15H2,1-5H3,(H,31,40)(H2,33,34,35,36,41). The largest absolute Gasteiger partial charge is 0.484 e. The van der Waals surface area contributed by atoms with Crippen LogP contribution in [0.25, 0.3) is 5.65 Å². The Morgan fingerprint density at radius 3 is 2.62 bits per heavy atom. The van der Waals surface area contributed by atoms with Crippen LogP contribution in [-0.4, -0.2) is 68.6 Å². The van der Waals surface area contributed by atoms with E-state index < -0.39 is 6.03 Å². The third-order valence-corrected chi connectivity index (χ3v) is 7.07. The number of likely N-dealkylation sites (N-methyl/N-ethyl adjacent to an activating group) is 1. The minimum absolute atomic E-state index is 0.0177. The predicted octanol–water partition coefficient (Wildman–Crippen LogP) is 3.88. The Labute approximate surface area is 244 Å². The fourth-order valence-electron chi connectivity index (χ4n) is 4.84. The second kappa shape index (κ2) is 12.1. The van der Waals surface area contributed by atoms with Crippen molar-refractivity contribution in [2.45, 2.75) is 51.2 Å². The van der Waals surface area contributed by atoms with E-state index in [9.17, 15) is 9.59 Å². The summed E-state index contributed by atoms with van der Waals surface area (Å²) in [5.74, 6) is 0.609. The minimum Gasteiger partial charge on any atom is -0.484 e. The van der Waals surface area contributed by atoms with Crippen molar-refractivity contribution in [1.82, 2.24) is 40.1 Å². The molecule has 0 saturated carbocycles. The lowest BCUT2D eigenvalue weighted by Gasteiger charge is -2.32. The van der Waals surface area contributed by atoms with E-state index in [4.69, 9.17) is 4.74 Å². The average Bonchev–Trinajstić information content (AvgIpc) is 3.41. The Morgan fingerprint density at radius 1 is 1.07 bits per heavy atom. The lowest BCUT2D eigenvalue weighted by molar-refractivity contribution is 0.0940. The van der Waals surface area contributed by atoms with E-state index in [0.717, 1.165) is 16.8 Å². The SMILES string of the molecule is CN(C)CCNC(=O)c1nc(NC(=O)NC2CCC(Oc3ccc4nncn4c3)c3ccccc32)cc(C(C)(C)C)n1. The molecule has 2 atom stereocenters. The molecule has 220 valence electrons. The van der Waals surface area contributed by atoms with Crippen LogP contribution < -0.4 is 20.7 Å². The number of ether oxygens (including phenoxy) is 1. The van der Waals surface area contributed by atoms with Crippen LogP contribution in [0.4, 0.5) is 10.6 Å². The van der Waals surface area contributed by atoms with E-state index in [-0.39, 0.29) is 35.1 Å². The third-order valence-electron chi connectivity index (χ3n) is 7.07. The number of pyridine rings is 1. The number of nitrogens with zero attached hydrogens (tertiary/aromatic N) is 6. The van der Waals surface area contributed by atoms with E-state index in [2.05, 4.69) is 36.1 Å². The highest BCUT2D eigenvalue weighted by atomic mass is 16.5. The highest BCUT2D eigenvalue weighted by Gasteiger charge is 2.30. The lowest BCUT2D eigenvalue weighted by atomic mass is 9.85. The molecule has 0 fully saturated rings. The first-order valence-corrected chi connectivity index (χ1v) is 14.0. The summed E-state index contributed by atoms with van der Waals surface area (Å²) in [6.07, 6.45) is 4.72. The number of urea groups is 1. The van der Waals surface area contributed by atoms with E-state index in [1.54, 1.807) is 12.4 Å². The molecule has 3 aromatic heterocycles. The van der Waals surface area contributed by atoms with Crippen molar-refractivity contribution in [2.75, 3.05) is 32.5 Å². The normalized spacial score (nSPS) is 16.6. The molecule has 0 saturated heterocycles. The number of amides is 3. The monoisotopic (exact) mass is 571 g/mol. The highest BCUT2D eigenvalue weighted by Crippen LogP contribution is 2.38. The van der Waals surface area contributed by atoms with E-state index in [1.807, 2.05) is 86.8 Å². The predicted molar refractivity (Wildman–Crippen MR) is 159 cm³/mol. The average molecular weight is 572 g/mol. The van der Waals surface area contributed by atoms with Gasteiger partial charge in [0.1, 0.15) is 24.0 Å². The van der Waals surface area contributed by atoms with Gasteiger partial charge in [-0.15, -0.1) is 10.2 Å². The van der Waals surface area contributed by atoms with Gasteiger partial charge in [0.2, 0.25) is 5.82 Å². The first-order chi connectivity index (χ1) is 20.1. The molecule has 0 aliphatic heterocycles. The summed E-state index contributed by atoms with van der Waals surface area (Å²) in [4.78, 5) is 36.8. The molecule has 2 unspecified atom stereocenters. The number of fused-ring (bicyclic) bond motifs is 2. The van der Waals surface area contributed by atoms with Crippen molar-refractivity contribution in [3.8, 4) is 5.75 Å². The van der Waals surface area contributed by atoms with Crippen LogP contribution >= 0.6 is 0 Å². The number of carbonyl (C=O) groups is 2. The molecule has 3 N–H and O–H groups in total. The maximum absolute atomic E-state index is 13.2. The summed E-state index contributed by atoms with van der Waals surface area (Å²) < 4.78 is 8.18. The molecule has 4 aromatic rings. The van der Waals surface area contributed by atoms with Gasteiger partial charge in [-0.05, 0) is 50.2 Å². The molecule has 0 spiro atoms. The van der Waals surface area contributed by atoms with Crippen molar-refractivity contribution in [2.24, 2.45) is 0 Å². The summed E-state index contributed by atoms with van der Waals surface area (Å²) in [6, 6.07) is 12.8. The van der Waals surface area contributed by atoms with E-state index in [0.29, 0.717) is 37.4 Å². The number of hydrogen-bond donors (Lipinski definition) is 3. The van der Waals surface area contributed by atoms with Gasteiger partial charge in [0.15, 0.2) is 5.65 Å². The van der Waals surface area contributed by atoms with Gasteiger partial charge in [-0.25, -0.2) is 14.8 Å². The molecule has 1 aromatic carbocycles. The first-order valence-electron chi connectivity index (χ1n) is 14.0. The summed E-state index contributed by atoms with van der Waals surface area (Å²) >= 11 is 0. The molecule has 1 aliphatic carbocycles. The lowest BCUT2D eigenvalue weighted by Crippen LogP contribution is -2.36. The van der Waals surface area contributed by atoms with Crippen LogP contribution in [0.2, 0.25) is 0 Å². The van der Waals surface area contributed by atoms with E-state index in [1.165, 1.54) is 0 Å². The zero-order valence-corrected chi connectivity index (χ0v) is 24.6. The third kappa shape index (κ3) is 6.82. The quantitative estimate of drug-likeness (QED) is 0.290. The molecule has 0 bridgehead atoms. The molecular formula is C30H37N9O3.